The summed E-state index contributed by atoms with van der Waals surface area (Å²) in [7, 11) is -0.0531. The van der Waals surface area contributed by atoms with Crippen molar-refractivity contribution in [3.05, 3.63) is 70.3 Å². The quantitative estimate of drug-likeness (QED) is 0.316. The molecular weight excluding hydrogens is 539 g/mol. The fraction of sp³-hybridized carbons (Fsp3) is 0.435. The normalized spacial score (nSPS) is 17.1. The summed E-state index contributed by atoms with van der Waals surface area (Å²) in [6.45, 7) is 7.00. The van der Waals surface area contributed by atoms with Crippen molar-refractivity contribution >= 4 is 40.0 Å². The maximum atomic E-state index is 11.7. The predicted octanol–water partition coefficient (Wildman–Crippen LogP) is 3.12. The highest BCUT2D eigenvalue weighted by Gasteiger charge is 2.25. The van der Waals surface area contributed by atoms with Crippen molar-refractivity contribution in [2.45, 2.75) is 32.2 Å². The Labute approximate surface area is 208 Å². The van der Waals surface area contributed by atoms with E-state index in [1.165, 1.54) is 23.7 Å². The van der Waals surface area contributed by atoms with Gasteiger partial charge >= 0.3 is 0 Å². The molecule has 0 bridgehead atoms. The summed E-state index contributed by atoms with van der Waals surface area (Å²) < 4.78 is 31.8. The van der Waals surface area contributed by atoms with Crippen LogP contribution in [-0.2, 0) is 27.1 Å². The number of halogens is 1. The second-order valence-electron chi connectivity index (χ2n) is 7.85. The minimum atomic E-state index is -3.27. The van der Waals surface area contributed by atoms with E-state index in [0.717, 1.165) is 30.2 Å². The fourth-order valence-corrected chi connectivity index (χ4v) is 4.55. The summed E-state index contributed by atoms with van der Waals surface area (Å²) in [5.41, 5.74) is 5.53. The molecule has 176 valence electrons. The van der Waals surface area contributed by atoms with Gasteiger partial charge in [0, 0.05) is 20.1 Å². The van der Waals surface area contributed by atoms with Gasteiger partial charge < -0.3 is 15.0 Å². The molecule has 1 aliphatic heterocycles. The molecule has 0 spiro atoms. The van der Waals surface area contributed by atoms with Gasteiger partial charge in [-0.2, -0.15) is 0 Å². The first-order chi connectivity index (χ1) is 14.8. The number of morpholine rings is 1. The van der Waals surface area contributed by atoms with Crippen molar-refractivity contribution in [2.75, 3.05) is 33.8 Å². The zero-order valence-corrected chi connectivity index (χ0v) is 22.2. The van der Waals surface area contributed by atoms with E-state index in [1.54, 1.807) is 7.05 Å². The Kier molecular flexibility index (Phi) is 9.93. The van der Waals surface area contributed by atoms with Gasteiger partial charge in [0.05, 0.1) is 18.9 Å². The van der Waals surface area contributed by atoms with Crippen molar-refractivity contribution in [1.82, 2.24) is 14.9 Å². The zero-order chi connectivity index (χ0) is 22.4. The number of hydrogen-bond donors (Lipinski definition) is 2. The van der Waals surface area contributed by atoms with E-state index in [4.69, 9.17) is 4.74 Å². The van der Waals surface area contributed by atoms with E-state index in [2.05, 4.69) is 52.0 Å². The molecule has 9 heteroatoms. The molecule has 0 radical (unpaired) electrons. The maximum absolute atomic E-state index is 11.7. The molecule has 2 aromatic carbocycles. The number of guanidine groups is 1. The molecule has 7 nitrogen and oxygen atoms in total. The van der Waals surface area contributed by atoms with E-state index >= 15 is 0 Å². The highest BCUT2D eigenvalue weighted by molar-refractivity contribution is 14.0. The first-order valence-corrected chi connectivity index (χ1v) is 12.1. The number of nitrogens with one attached hydrogen (secondary N) is 2. The largest absolute Gasteiger partial charge is 0.370 e. The smallest absolute Gasteiger partial charge is 0.215 e. The van der Waals surface area contributed by atoms with E-state index in [1.807, 2.05) is 24.3 Å². The van der Waals surface area contributed by atoms with Crippen LogP contribution in [0, 0.1) is 13.8 Å². The number of hydrogen-bond acceptors (Lipinski definition) is 4. The summed E-state index contributed by atoms with van der Waals surface area (Å²) >= 11 is 0. The molecule has 1 heterocycles. The van der Waals surface area contributed by atoms with Crippen LogP contribution in [-0.4, -0.2) is 53.1 Å². The van der Waals surface area contributed by atoms with Crippen LogP contribution < -0.4 is 10.0 Å². The number of aryl methyl sites for hydroxylation is 2. The Morgan fingerprint density at radius 2 is 1.84 bits per heavy atom. The Bertz CT molecular complexity index is 1030. The molecule has 0 aliphatic carbocycles. The van der Waals surface area contributed by atoms with Gasteiger partial charge in [-0.3, -0.25) is 4.99 Å². The van der Waals surface area contributed by atoms with Crippen LogP contribution in [0.4, 0.5) is 0 Å². The van der Waals surface area contributed by atoms with Crippen molar-refractivity contribution in [1.29, 1.82) is 0 Å². The van der Waals surface area contributed by atoms with Crippen LogP contribution in [0.2, 0.25) is 0 Å². The third-order valence-corrected chi connectivity index (χ3v) is 6.83. The van der Waals surface area contributed by atoms with Gasteiger partial charge in [0.15, 0.2) is 5.96 Å². The van der Waals surface area contributed by atoms with Gasteiger partial charge in [0.1, 0.15) is 6.10 Å². The standard InChI is InChI=1S/C23H32N4O3S.HI/c1-17-5-10-21(18(2)13-17)22-15-27(11-12-30-22)23(24-3)26-14-19-6-8-20(9-7-19)16-31(28,29)25-4;/h5-10,13,22,25H,11-12,14-16H2,1-4H3,(H,24,26);1H. The molecule has 2 aromatic rings. The lowest BCUT2D eigenvalue weighted by molar-refractivity contribution is -0.00834. The molecule has 0 amide bonds. The number of rotatable bonds is 6. The van der Waals surface area contributed by atoms with Gasteiger partial charge in [0.2, 0.25) is 10.0 Å². The van der Waals surface area contributed by atoms with Gasteiger partial charge in [0.25, 0.3) is 0 Å². The van der Waals surface area contributed by atoms with Gasteiger partial charge in [-0.05, 0) is 43.1 Å². The van der Waals surface area contributed by atoms with Crippen molar-refractivity contribution in [3.8, 4) is 0 Å². The van der Waals surface area contributed by atoms with Gasteiger partial charge in [-0.25, -0.2) is 13.1 Å². The molecule has 1 aliphatic rings. The van der Waals surface area contributed by atoms with E-state index in [0.29, 0.717) is 13.2 Å². The Hall–Kier alpha value is -1.69. The Morgan fingerprint density at radius 1 is 1.16 bits per heavy atom. The third kappa shape index (κ3) is 7.16. The molecule has 32 heavy (non-hydrogen) atoms. The first kappa shape index (κ1) is 26.6. The minimum absolute atomic E-state index is 0. The molecule has 0 aromatic heterocycles. The summed E-state index contributed by atoms with van der Waals surface area (Å²) in [5.74, 6) is 0.812. The Balaban J connectivity index is 0.00000363. The number of benzene rings is 2. The lowest BCUT2D eigenvalue weighted by Crippen LogP contribution is -2.48. The van der Waals surface area contributed by atoms with Crippen molar-refractivity contribution in [3.63, 3.8) is 0 Å². The first-order valence-electron chi connectivity index (χ1n) is 10.4. The van der Waals surface area contributed by atoms with Crippen LogP contribution in [0.15, 0.2) is 47.5 Å². The predicted molar refractivity (Wildman–Crippen MR) is 140 cm³/mol. The second-order valence-corrected chi connectivity index (χ2v) is 9.77. The number of ether oxygens (including phenoxy) is 1. The number of sulfonamides is 1. The summed E-state index contributed by atoms with van der Waals surface area (Å²) in [4.78, 5) is 6.68. The third-order valence-electron chi connectivity index (χ3n) is 5.49. The van der Waals surface area contributed by atoms with Crippen LogP contribution in [0.25, 0.3) is 0 Å². The SMILES string of the molecule is CN=C(NCc1ccc(CS(=O)(=O)NC)cc1)N1CCOC(c2ccc(C)cc2C)C1.I. The highest BCUT2D eigenvalue weighted by atomic mass is 127. The van der Waals surface area contributed by atoms with Crippen LogP contribution in [0.3, 0.4) is 0 Å². The zero-order valence-electron chi connectivity index (χ0n) is 19.1. The Morgan fingerprint density at radius 3 is 2.47 bits per heavy atom. The minimum Gasteiger partial charge on any atom is -0.370 e. The molecule has 1 fully saturated rings. The maximum Gasteiger partial charge on any atom is 0.215 e. The summed E-state index contributed by atoms with van der Waals surface area (Å²) in [5, 5.41) is 3.42. The molecule has 0 saturated carbocycles. The average Bonchev–Trinajstić information content (AvgIpc) is 2.75. The monoisotopic (exact) mass is 572 g/mol. The van der Waals surface area contributed by atoms with Crippen LogP contribution >= 0.6 is 24.0 Å². The molecule has 3 rings (SSSR count). The van der Waals surface area contributed by atoms with E-state index in [9.17, 15) is 8.42 Å². The molecule has 2 N–H and O–H groups in total. The summed E-state index contributed by atoms with van der Waals surface area (Å²) in [6.07, 6.45) is 0.0151. The molecule has 1 atom stereocenters. The highest BCUT2D eigenvalue weighted by Crippen LogP contribution is 2.26. The number of nitrogens with zero attached hydrogens (tertiary/aromatic N) is 2. The van der Waals surface area contributed by atoms with E-state index in [-0.39, 0.29) is 35.8 Å². The van der Waals surface area contributed by atoms with Crippen molar-refractivity contribution < 1.29 is 13.2 Å². The molecular formula is C23H33IN4O3S. The molecule has 1 saturated heterocycles. The van der Waals surface area contributed by atoms with Gasteiger partial charge in [-0.1, -0.05) is 48.0 Å². The van der Waals surface area contributed by atoms with Crippen LogP contribution in [0.5, 0.6) is 0 Å². The summed E-state index contributed by atoms with van der Waals surface area (Å²) in [6, 6.07) is 14.1. The molecule has 1 unspecified atom stereocenters. The van der Waals surface area contributed by atoms with Crippen LogP contribution in [0.1, 0.15) is 33.9 Å². The van der Waals surface area contributed by atoms with E-state index < -0.39 is 10.0 Å². The van der Waals surface area contributed by atoms with Gasteiger partial charge in [-0.15, -0.1) is 24.0 Å². The fourth-order valence-electron chi connectivity index (χ4n) is 3.78. The lowest BCUT2D eigenvalue weighted by Gasteiger charge is -2.36. The lowest BCUT2D eigenvalue weighted by atomic mass is 10.00. The topological polar surface area (TPSA) is 83.0 Å². The van der Waals surface area contributed by atoms with Crippen molar-refractivity contribution in [2.24, 2.45) is 4.99 Å². The number of aliphatic imine (C=N–C) groups is 1. The second kappa shape index (κ2) is 12.0. The average molecular weight is 573 g/mol.